The number of aromatic nitrogens is 1. The van der Waals surface area contributed by atoms with Crippen LogP contribution < -0.4 is 5.32 Å². The third-order valence-electron chi connectivity index (χ3n) is 2.43. The van der Waals surface area contributed by atoms with E-state index >= 15 is 0 Å². The molecule has 0 aliphatic carbocycles. The predicted octanol–water partition coefficient (Wildman–Crippen LogP) is 3.16. The number of nitrogens with one attached hydrogen (secondary N) is 1. The molecule has 2 N–H and O–H groups in total. The lowest BCUT2D eigenvalue weighted by Gasteiger charge is -2.07. The molecule has 0 aliphatic rings. The molecule has 2 rings (SSSR count). The Hall–Kier alpha value is -1.73. The van der Waals surface area contributed by atoms with Crippen molar-refractivity contribution in [2.45, 2.75) is 6.92 Å². The monoisotopic (exact) mass is 340 g/mol. The van der Waals surface area contributed by atoms with Crippen LogP contribution in [0.4, 0.5) is 5.69 Å². The molecular formula is C12H9BrN2O3S. The maximum atomic E-state index is 11.9. The molecule has 0 radical (unpaired) electrons. The van der Waals surface area contributed by atoms with Crippen LogP contribution >= 0.6 is 27.3 Å². The smallest absolute Gasteiger partial charge is 0.355 e. The summed E-state index contributed by atoms with van der Waals surface area (Å²) in [6.45, 7) is 1.87. The summed E-state index contributed by atoms with van der Waals surface area (Å²) in [5, 5.41) is 12.9. The first-order valence-electron chi connectivity index (χ1n) is 5.24. The highest BCUT2D eigenvalue weighted by molar-refractivity contribution is 9.10. The Morgan fingerprint density at radius 3 is 2.79 bits per heavy atom. The second-order valence-electron chi connectivity index (χ2n) is 3.71. The van der Waals surface area contributed by atoms with Gasteiger partial charge in [-0.05, 0) is 24.6 Å². The van der Waals surface area contributed by atoms with Crippen molar-refractivity contribution in [3.63, 3.8) is 0 Å². The predicted molar refractivity (Wildman–Crippen MR) is 75.9 cm³/mol. The average Bonchev–Trinajstić information content (AvgIpc) is 2.84. The third kappa shape index (κ3) is 2.99. The van der Waals surface area contributed by atoms with E-state index in [1.807, 2.05) is 13.0 Å². The molecule has 0 fully saturated rings. The van der Waals surface area contributed by atoms with Gasteiger partial charge in [0.05, 0.1) is 0 Å². The number of rotatable bonds is 3. The SMILES string of the molecule is Cc1c(Br)cccc1NC(=O)c1nc(C(=O)O)cs1. The van der Waals surface area contributed by atoms with E-state index in [1.54, 1.807) is 12.1 Å². The topological polar surface area (TPSA) is 79.3 Å². The number of aromatic carboxylic acids is 1. The van der Waals surface area contributed by atoms with Gasteiger partial charge in [0.1, 0.15) is 0 Å². The number of carbonyl (C=O) groups excluding carboxylic acids is 1. The zero-order valence-corrected chi connectivity index (χ0v) is 12.2. The Bertz CT molecular complexity index is 654. The summed E-state index contributed by atoms with van der Waals surface area (Å²) < 4.78 is 0.885. The maximum Gasteiger partial charge on any atom is 0.355 e. The fraction of sp³-hybridized carbons (Fsp3) is 0.0833. The fourth-order valence-corrected chi connectivity index (χ4v) is 2.45. The van der Waals surface area contributed by atoms with E-state index in [9.17, 15) is 9.59 Å². The molecule has 1 amide bonds. The number of amides is 1. The molecule has 98 valence electrons. The zero-order chi connectivity index (χ0) is 14.0. The van der Waals surface area contributed by atoms with Gasteiger partial charge in [0.15, 0.2) is 10.7 Å². The van der Waals surface area contributed by atoms with Crippen molar-refractivity contribution in [1.82, 2.24) is 4.98 Å². The fourth-order valence-electron chi connectivity index (χ4n) is 1.39. The summed E-state index contributed by atoms with van der Waals surface area (Å²) >= 11 is 4.37. The molecule has 0 aliphatic heterocycles. The summed E-state index contributed by atoms with van der Waals surface area (Å²) in [5.41, 5.74) is 1.43. The Balaban J connectivity index is 2.21. The van der Waals surface area contributed by atoms with E-state index in [1.165, 1.54) is 5.38 Å². The van der Waals surface area contributed by atoms with Crippen LogP contribution in [0.2, 0.25) is 0 Å². The molecule has 1 heterocycles. The van der Waals surface area contributed by atoms with Crippen LogP contribution in [0.15, 0.2) is 28.1 Å². The van der Waals surface area contributed by atoms with Crippen LogP contribution in [0.5, 0.6) is 0 Å². The van der Waals surface area contributed by atoms with Crippen LogP contribution in [-0.2, 0) is 0 Å². The third-order valence-corrected chi connectivity index (χ3v) is 4.13. The minimum atomic E-state index is -1.14. The van der Waals surface area contributed by atoms with E-state index in [0.29, 0.717) is 5.69 Å². The molecule has 0 saturated heterocycles. The Morgan fingerprint density at radius 2 is 2.16 bits per heavy atom. The van der Waals surface area contributed by atoms with Crippen LogP contribution in [-0.4, -0.2) is 22.0 Å². The number of halogens is 1. The van der Waals surface area contributed by atoms with Crippen LogP contribution in [0.3, 0.4) is 0 Å². The van der Waals surface area contributed by atoms with E-state index < -0.39 is 11.9 Å². The first kappa shape index (κ1) is 13.7. The Kier molecular flexibility index (Phi) is 3.96. The number of thiazole rings is 1. The number of carboxylic acid groups (broad SMARTS) is 1. The summed E-state index contributed by atoms with van der Waals surface area (Å²) in [7, 11) is 0. The first-order chi connectivity index (χ1) is 8.99. The summed E-state index contributed by atoms with van der Waals surface area (Å²) in [5.74, 6) is -1.56. The van der Waals surface area contributed by atoms with Crippen LogP contribution in [0, 0.1) is 6.92 Å². The van der Waals surface area contributed by atoms with Crippen molar-refractivity contribution in [3.05, 3.63) is 44.3 Å². The number of carboxylic acids is 1. The number of nitrogens with zero attached hydrogens (tertiary/aromatic N) is 1. The van der Waals surface area contributed by atoms with Gasteiger partial charge in [-0.25, -0.2) is 9.78 Å². The van der Waals surface area contributed by atoms with Gasteiger partial charge in [-0.2, -0.15) is 0 Å². The van der Waals surface area contributed by atoms with E-state index in [2.05, 4.69) is 26.2 Å². The van der Waals surface area contributed by atoms with Gasteiger partial charge in [0, 0.05) is 15.5 Å². The Morgan fingerprint density at radius 1 is 1.42 bits per heavy atom. The highest BCUT2D eigenvalue weighted by Gasteiger charge is 2.15. The van der Waals surface area contributed by atoms with Gasteiger partial charge in [-0.15, -0.1) is 11.3 Å². The molecule has 5 nitrogen and oxygen atoms in total. The van der Waals surface area contributed by atoms with Gasteiger partial charge < -0.3 is 10.4 Å². The van der Waals surface area contributed by atoms with Crippen molar-refractivity contribution in [1.29, 1.82) is 0 Å². The molecular weight excluding hydrogens is 332 g/mol. The van der Waals surface area contributed by atoms with Gasteiger partial charge in [-0.3, -0.25) is 4.79 Å². The minimum Gasteiger partial charge on any atom is -0.476 e. The highest BCUT2D eigenvalue weighted by atomic mass is 79.9. The van der Waals surface area contributed by atoms with E-state index in [4.69, 9.17) is 5.11 Å². The van der Waals surface area contributed by atoms with Crippen LogP contribution in [0.1, 0.15) is 25.9 Å². The van der Waals surface area contributed by atoms with Gasteiger partial charge >= 0.3 is 5.97 Å². The lowest BCUT2D eigenvalue weighted by molar-refractivity contribution is 0.0691. The molecule has 0 bridgehead atoms. The van der Waals surface area contributed by atoms with E-state index in [0.717, 1.165) is 21.4 Å². The quantitative estimate of drug-likeness (QED) is 0.899. The molecule has 2 aromatic rings. The number of hydrogen-bond acceptors (Lipinski definition) is 4. The molecule has 1 aromatic heterocycles. The zero-order valence-electron chi connectivity index (χ0n) is 9.81. The van der Waals surface area contributed by atoms with Gasteiger partial charge in [-0.1, -0.05) is 22.0 Å². The number of benzene rings is 1. The molecule has 0 unspecified atom stereocenters. The standard InChI is InChI=1S/C12H9BrN2O3S/c1-6-7(13)3-2-4-8(6)14-10(16)11-15-9(5-19-11)12(17)18/h2-5H,1H3,(H,14,16)(H,17,18). The average molecular weight is 341 g/mol. The molecule has 0 atom stereocenters. The molecule has 0 saturated carbocycles. The highest BCUT2D eigenvalue weighted by Crippen LogP contribution is 2.24. The molecule has 7 heteroatoms. The van der Waals surface area contributed by atoms with Crippen molar-refractivity contribution in [2.75, 3.05) is 5.32 Å². The van der Waals surface area contributed by atoms with Crippen molar-refractivity contribution in [2.24, 2.45) is 0 Å². The number of hydrogen-bond donors (Lipinski definition) is 2. The number of anilines is 1. The van der Waals surface area contributed by atoms with Crippen LogP contribution in [0.25, 0.3) is 0 Å². The first-order valence-corrected chi connectivity index (χ1v) is 6.91. The number of carbonyl (C=O) groups is 2. The molecule has 0 spiro atoms. The largest absolute Gasteiger partial charge is 0.476 e. The van der Waals surface area contributed by atoms with Crippen molar-refractivity contribution >= 4 is 44.8 Å². The van der Waals surface area contributed by atoms with Gasteiger partial charge in [0.25, 0.3) is 5.91 Å². The summed E-state index contributed by atoms with van der Waals surface area (Å²) in [6, 6.07) is 5.44. The molecule has 19 heavy (non-hydrogen) atoms. The summed E-state index contributed by atoms with van der Waals surface area (Å²) in [4.78, 5) is 26.4. The minimum absolute atomic E-state index is 0.122. The normalized spacial score (nSPS) is 10.2. The second-order valence-corrected chi connectivity index (χ2v) is 5.42. The second kappa shape index (κ2) is 5.50. The van der Waals surface area contributed by atoms with Crippen molar-refractivity contribution in [3.8, 4) is 0 Å². The van der Waals surface area contributed by atoms with Crippen molar-refractivity contribution < 1.29 is 14.7 Å². The van der Waals surface area contributed by atoms with Gasteiger partial charge in [0.2, 0.25) is 0 Å². The van der Waals surface area contributed by atoms with E-state index in [-0.39, 0.29) is 10.7 Å². The Labute approximate surface area is 121 Å². The molecule has 1 aromatic carbocycles. The summed E-state index contributed by atoms with van der Waals surface area (Å²) in [6.07, 6.45) is 0. The maximum absolute atomic E-state index is 11.9. The lowest BCUT2D eigenvalue weighted by atomic mass is 10.2. The lowest BCUT2D eigenvalue weighted by Crippen LogP contribution is -2.13.